The molecule has 30 heavy (non-hydrogen) atoms. The average molecular weight is 405 g/mol. The van der Waals surface area contributed by atoms with Gasteiger partial charge in [-0.05, 0) is 55.3 Å². The van der Waals surface area contributed by atoms with Gasteiger partial charge in [0.25, 0.3) is 0 Å². The largest absolute Gasteiger partial charge is 0.492 e. The van der Waals surface area contributed by atoms with E-state index in [0.717, 1.165) is 42.9 Å². The van der Waals surface area contributed by atoms with Crippen LogP contribution in [0.1, 0.15) is 24.8 Å². The molecule has 3 aromatic rings. The number of aromatic nitrogens is 2. The monoisotopic (exact) mass is 404 g/mol. The van der Waals surface area contributed by atoms with Crippen molar-refractivity contribution in [1.82, 2.24) is 20.0 Å². The second-order valence-corrected chi connectivity index (χ2v) is 7.53. The number of para-hydroxylation sites is 1. The van der Waals surface area contributed by atoms with Crippen LogP contribution >= 0.6 is 0 Å². The van der Waals surface area contributed by atoms with E-state index < -0.39 is 0 Å². The summed E-state index contributed by atoms with van der Waals surface area (Å²) in [5.74, 6) is 1.15. The van der Waals surface area contributed by atoms with Gasteiger partial charge in [-0.25, -0.2) is 4.68 Å². The number of carbonyl (C=O) groups is 1. The molecule has 2 aromatic carbocycles. The third-order valence-electron chi connectivity index (χ3n) is 5.46. The maximum Gasteiger partial charge on any atom is 0.223 e. The van der Waals surface area contributed by atoms with Gasteiger partial charge in [-0.1, -0.05) is 30.3 Å². The van der Waals surface area contributed by atoms with Crippen molar-refractivity contribution in [3.05, 3.63) is 78.6 Å². The van der Waals surface area contributed by atoms with Gasteiger partial charge in [0.15, 0.2) is 0 Å². The molecule has 4 rings (SSSR count). The number of nitrogens with one attached hydrogen (secondary N) is 1. The maximum atomic E-state index is 12.4. The summed E-state index contributed by atoms with van der Waals surface area (Å²) in [5, 5.41) is 7.68. The number of hydrogen-bond donors (Lipinski definition) is 1. The third-order valence-corrected chi connectivity index (χ3v) is 5.46. The molecule has 0 spiro atoms. The van der Waals surface area contributed by atoms with Crippen molar-refractivity contribution in [3.63, 3.8) is 0 Å². The van der Waals surface area contributed by atoms with Gasteiger partial charge >= 0.3 is 0 Å². The first-order chi connectivity index (χ1) is 14.8. The molecule has 1 N–H and O–H groups in total. The first-order valence-corrected chi connectivity index (χ1v) is 10.6. The first kappa shape index (κ1) is 20.2. The highest BCUT2D eigenvalue weighted by atomic mass is 16.5. The van der Waals surface area contributed by atoms with Gasteiger partial charge in [-0.3, -0.25) is 4.79 Å². The molecular formula is C24H28N4O2. The molecule has 1 aliphatic heterocycles. The van der Waals surface area contributed by atoms with Crippen LogP contribution in [-0.4, -0.2) is 46.3 Å². The zero-order valence-corrected chi connectivity index (χ0v) is 17.1. The molecular weight excluding hydrogens is 376 g/mol. The van der Waals surface area contributed by atoms with E-state index in [-0.39, 0.29) is 5.91 Å². The third kappa shape index (κ3) is 5.27. The second-order valence-electron chi connectivity index (χ2n) is 7.53. The zero-order valence-electron chi connectivity index (χ0n) is 17.1. The quantitative estimate of drug-likeness (QED) is 0.526. The van der Waals surface area contributed by atoms with Crippen molar-refractivity contribution in [1.29, 1.82) is 0 Å². The number of hydrogen-bond acceptors (Lipinski definition) is 4. The molecule has 0 bridgehead atoms. The lowest BCUT2D eigenvalue weighted by molar-refractivity contribution is -0.129. The van der Waals surface area contributed by atoms with Gasteiger partial charge in [0.1, 0.15) is 12.4 Å². The Morgan fingerprint density at radius 2 is 1.87 bits per heavy atom. The SMILES string of the molecule is O=C1CCC(CCNCCOc2ccccc2)N1Cc1ccc(-n2cccn2)cc1. The van der Waals surface area contributed by atoms with Crippen LogP contribution in [0.3, 0.4) is 0 Å². The fourth-order valence-corrected chi connectivity index (χ4v) is 3.83. The molecule has 1 fully saturated rings. The predicted octanol–water partition coefficient (Wildman–Crippen LogP) is 3.42. The normalized spacial score (nSPS) is 16.2. The Labute approximate surface area is 177 Å². The van der Waals surface area contributed by atoms with E-state index in [0.29, 0.717) is 25.6 Å². The van der Waals surface area contributed by atoms with Crippen LogP contribution < -0.4 is 10.1 Å². The molecule has 1 atom stereocenters. The Balaban J connectivity index is 1.21. The fourth-order valence-electron chi connectivity index (χ4n) is 3.83. The minimum Gasteiger partial charge on any atom is -0.492 e. The second kappa shape index (κ2) is 10.1. The molecule has 1 amide bonds. The van der Waals surface area contributed by atoms with Crippen molar-refractivity contribution in [2.24, 2.45) is 0 Å². The highest BCUT2D eigenvalue weighted by Gasteiger charge is 2.30. The van der Waals surface area contributed by atoms with Crippen LogP contribution in [0.5, 0.6) is 5.75 Å². The fraction of sp³-hybridized carbons (Fsp3) is 0.333. The molecule has 0 aliphatic carbocycles. The predicted molar refractivity (Wildman–Crippen MR) is 117 cm³/mol. The lowest BCUT2D eigenvalue weighted by Crippen LogP contribution is -2.35. The van der Waals surface area contributed by atoms with Gasteiger partial charge in [-0.2, -0.15) is 5.10 Å². The summed E-state index contributed by atoms with van der Waals surface area (Å²) >= 11 is 0. The van der Waals surface area contributed by atoms with Crippen molar-refractivity contribution in [2.75, 3.05) is 19.7 Å². The van der Waals surface area contributed by atoms with E-state index >= 15 is 0 Å². The Bertz CT molecular complexity index is 910. The number of nitrogens with zero attached hydrogens (tertiary/aromatic N) is 3. The number of amides is 1. The summed E-state index contributed by atoms with van der Waals surface area (Å²) in [6.07, 6.45) is 6.23. The molecule has 6 nitrogen and oxygen atoms in total. The van der Waals surface area contributed by atoms with Crippen LogP contribution in [0.4, 0.5) is 0 Å². The topological polar surface area (TPSA) is 59.4 Å². The molecule has 0 saturated carbocycles. The standard InChI is InChI=1S/C24H28N4O2/c29-24-12-11-21(13-15-25-16-18-30-23-5-2-1-3-6-23)27(24)19-20-7-9-22(10-8-20)28-17-4-14-26-28/h1-10,14,17,21,25H,11-13,15-16,18-19H2. The molecule has 1 saturated heterocycles. The Morgan fingerprint density at radius 1 is 1.03 bits per heavy atom. The summed E-state index contributed by atoms with van der Waals surface area (Å²) in [4.78, 5) is 14.4. The molecule has 0 radical (unpaired) electrons. The van der Waals surface area contributed by atoms with E-state index in [4.69, 9.17) is 4.74 Å². The summed E-state index contributed by atoms with van der Waals surface area (Å²) in [6.45, 7) is 2.98. The Morgan fingerprint density at radius 3 is 2.63 bits per heavy atom. The van der Waals surface area contributed by atoms with Crippen molar-refractivity contribution >= 4 is 5.91 Å². The van der Waals surface area contributed by atoms with Gasteiger partial charge in [0.2, 0.25) is 5.91 Å². The van der Waals surface area contributed by atoms with Crippen molar-refractivity contribution < 1.29 is 9.53 Å². The molecule has 1 unspecified atom stereocenters. The summed E-state index contributed by atoms with van der Waals surface area (Å²) in [7, 11) is 0. The van der Waals surface area contributed by atoms with Crippen LogP contribution in [0.25, 0.3) is 5.69 Å². The molecule has 1 aromatic heterocycles. The first-order valence-electron chi connectivity index (χ1n) is 10.6. The highest BCUT2D eigenvalue weighted by Crippen LogP contribution is 2.24. The van der Waals surface area contributed by atoms with E-state index in [1.54, 1.807) is 6.20 Å². The smallest absolute Gasteiger partial charge is 0.223 e. The van der Waals surface area contributed by atoms with Gasteiger partial charge in [0.05, 0.1) is 5.69 Å². The zero-order chi connectivity index (χ0) is 20.6. The highest BCUT2D eigenvalue weighted by molar-refractivity contribution is 5.78. The number of carbonyl (C=O) groups excluding carboxylic acids is 1. The van der Waals surface area contributed by atoms with Crippen LogP contribution in [0, 0.1) is 0 Å². The van der Waals surface area contributed by atoms with Gasteiger partial charge in [0, 0.05) is 37.9 Å². The molecule has 6 heteroatoms. The molecule has 2 heterocycles. The van der Waals surface area contributed by atoms with Gasteiger partial charge in [-0.15, -0.1) is 0 Å². The van der Waals surface area contributed by atoms with E-state index in [1.165, 1.54) is 0 Å². The molecule has 156 valence electrons. The summed E-state index contributed by atoms with van der Waals surface area (Å²) in [6, 6.07) is 20.3. The number of likely N-dealkylation sites (tertiary alicyclic amines) is 1. The van der Waals surface area contributed by atoms with E-state index in [1.807, 2.05) is 64.3 Å². The average Bonchev–Trinajstić information content (AvgIpc) is 3.43. The van der Waals surface area contributed by atoms with Crippen LogP contribution in [0.2, 0.25) is 0 Å². The maximum absolute atomic E-state index is 12.4. The molecule has 1 aliphatic rings. The number of rotatable bonds is 10. The lowest BCUT2D eigenvalue weighted by atomic mass is 10.1. The van der Waals surface area contributed by atoms with Crippen LogP contribution in [-0.2, 0) is 11.3 Å². The minimum atomic E-state index is 0.253. The van der Waals surface area contributed by atoms with E-state index in [2.05, 4.69) is 22.5 Å². The van der Waals surface area contributed by atoms with Crippen molar-refractivity contribution in [2.45, 2.75) is 31.8 Å². The van der Waals surface area contributed by atoms with Crippen molar-refractivity contribution in [3.8, 4) is 11.4 Å². The number of benzene rings is 2. The Hall–Kier alpha value is -3.12. The Kier molecular flexibility index (Phi) is 6.77. The van der Waals surface area contributed by atoms with E-state index in [9.17, 15) is 4.79 Å². The number of ether oxygens (including phenoxy) is 1. The lowest BCUT2D eigenvalue weighted by Gasteiger charge is -2.25. The minimum absolute atomic E-state index is 0.253. The van der Waals surface area contributed by atoms with Crippen LogP contribution in [0.15, 0.2) is 73.1 Å². The van der Waals surface area contributed by atoms with Gasteiger partial charge < -0.3 is 15.0 Å². The summed E-state index contributed by atoms with van der Waals surface area (Å²) < 4.78 is 7.53. The summed E-state index contributed by atoms with van der Waals surface area (Å²) in [5.41, 5.74) is 2.17.